The van der Waals surface area contributed by atoms with Gasteiger partial charge < -0.3 is 4.74 Å². The quantitative estimate of drug-likeness (QED) is 0.583. The molecule has 0 amide bonds. The standard InChI is InChI=1S/C9H7BrClFO2/c1-4-5(9(13)14-2)3-6(12)8(11)7(4)10/h3H,1-2H3. The molecule has 1 aromatic rings. The summed E-state index contributed by atoms with van der Waals surface area (Å²) in [6, 6.07) is 1.06. The summed E-state index contributed by atoms with van der Waals surface area (Å²) in [5, 5.41) is -0.0323. The van der Waals surface area contributed by atoms with Crippen molar-refractivity contribution in [2.45, 2.75) is 6.92 Å². The minimum absolute atomic E-state index is 0.0323. The molecule has 1 aromatic carbocycles. The first kappa shape index (κ1) is 11.5. The lowest BCUT2D eigenvalue weighted by molar-refractivity contribution is 0.0599. The molecule has 1 rings (SSSR count). The largest absolute Gasteiger partial charge is 0.465 e. The zero-order valence-electron chi connectivity index (χ0n) is 7.53. The number of hydrogen-bond acceptors (Lipinski definition) is 2. The van der Waals surface area contributed by atoms with Crippen molar-refractivity contribution in [3.8, 4) is 0 Å². The number of ether oxygens (including phenoxy) is 1. The van der Waals surface area contributed by atoms with Crippen LogP contribution in [0.3, 0.4) is 0 Å². The van der Waals surface area contributed by atoms with Gasteiger partial charge in [0, 0.05) is 4.47 Å². The second kappa shape index (κ2) is 4.28. The van der Waals surface area contributed by atoms with Gasteiger partial charge in [0.1, 0.15) is 5.82 Å². The van der Waals surface area contributed by atoms with Gasteiger partial charge in [-0.05, 0) is 34.5 Å². The molecule has 0 unspecified atom stereocenters. The molecular formula is C9H7BrClFO2. The molecule has 0 N–H and O–H groups in total. The zero-order valence-corrected chi connectivity index (χ0v) is 9.87. The van der Waals surface area contributed by atoms with Crippen molar-refractivity contribution in [3.05, 3.63) is 32.5 Å². The molecule has 0 heterocycles. The van der Waals surface area contributed by atoms with Crippen LogP contribution in [0.1, 0.15) is 15.9 Å². The van der Waals surface area contributed by atoms with Gasteiger partial charge in [0.2, 0.25) is 0 Å². The van der Waals surface area contributed by atoms with Crippen LogP contribution in [0, 0.1) is 12.7 Å². The molecule has 0 saturated carbocycles. The summed E-state index contributed by atoms with van der Waals surface area (Å²) in [5.74, 6) is -1.23. The predicted octanol–water partition coefficient (Wildman–Crippen LogP) is 3.34. The van der Waals surface area contributed by atoms with Crippen LogP contribution in [0.5, 0.6) is 0 Å². The zero-order chi connectivity index (χ0) is 10.9. The van der Waals surface area contributed by atoms with Gasteiger partial charge in [-0.3, -0.25) is 0 Å². The van der Waals surface area contributed by atoms with Crippen LogP contribution >= 0.6 is 27.5 Å². The Labute approximate surface area is 94.1 Å². The molecule has 0 aliphatic heterocycles. The summed E-state index contributed by atoms with van der Waals surface area (Å²) < 4.78 is 18.0. The summed E-state index contributed by atoms with van der Waals surface area (Å²) in [6.07, 6.45) is 0. The second-order valence-corrected chi connectivity index (χ2v) is 3.82. The van der Waals surface area contributed by atoms with E-state index in [9.17, 15) is 9.18 Å². The number of esters is 1. The molecular weight excluding hydrogens is 274 g/mol. The van der Waals surface area contributed by atoms with Gasteiger partial charge in [0.05, 0.1) is 17.7 Å². The third kappa shape index (κ3) is 1.91. The average Bonchev–Trinajstić information content (AvgIpc) is 2.19. The maximum absolute atomic E-state index is 13.1. The van der Waals surface area contributed by atoms with Gasteiger partial charge in [0.25, 0.3) is 0 Å². The van der Waals surface area contributed by atoms with Gasteiger partial charge >= 0.3 is 5.97 Å². The lowest BCUT2D eigenvalue weighted by Gasteiger charge is -2.07. The van der Waals surface area contributed by atoms with Gasteiger partial charge in [-0.15, -0.1) is 0 Å². The number of halogens is 3. The predicted molar refractivity (Wildman–Crippen MR) is 55.2 cm³/mol. The first-order chi connectivity index (χ1) is 6.49. The number of carbonyl (C=O) groups excluding carboxylic acids is 1. The van der Waals surface area contributed by atoms with E-state index >= 15 is 0 Å². The van der Waals surface area contributed by atoms with Crippen molar-refractivity contribution in [3.63, 3.8) is 0 Å². The van der Waals surface area contributed by atoms with E-state index < -0.39 is 11.8 Å². The summed E-state index contributed by atoms with van der Waals surface area (Å²) in [5.41, 5.74) is 0.726. The number of methoxy groups -OCH3 is 1. The van der Waals surface area contributed by atoms with Crippen molar-refractivity contribution >= 4 is 33.5 Å². The van der Waals surface area contributed by atoms with Crippen LogP contribution in [-0.2, 0) is 4.74 Å². The molecule has 0 bridgehead atoms. The van der Waals surface area contributed by atoms with E-state index in [4.69, 9.17) is 11.6 Å². The second-order valence-electron chi connectivity index (χ2n) is 2.65. The first-order valence-electron chi connectivity index (χ1n) is 3.71. The van der Waals surface area contributed by atoms with Crippen molar-refractivity contribution in [1.29, 1.82) is 0 Å². The fourth-order valence-electron chi connectivity index (χ4n) is 1.01. The van der Waals surface area contributed by atoms with E-state index in [1.807, 2.05) is 0 Å². The monoisotopic (exact) mass is 280 g/mol. The molecule has 5 heteroatoms. The molecule has 76 valence electrons. The normalized spacial score (nSPS) is 10.1. The SMILES string of the molecule is COC(=O)c1cc(F)c(Cl)c(Br)c1C. The van der Waals surface area contributed by atoms with E-state index in [0.717, 1.165) is 6.07 Å². The first-order valence-corrected chi connectivity index (χ1v) is 4.88. The van der Waals surface area contributed by atoms with Crippen LogP contribution < -0.4 is 0 Å². The van der Waals surface area contributed by atoms with Gasteiger partial charge in [0.15, 0.2) is 0 Å². The van der Waals surface area contributed by atoms with Gasteiger partial charge in [-0.2, -0.15) is 0 Å². The minimum Gasteiger partial charge on any atom is -0.465 e. The Morgan fingerprint density at radius 3 is 2.71 bits per heavy atom. The third-order valence-corrected chi connectivity index (χ3v) is 3.40. The lowest BCUT2D eigenvalue weighted by Crippen LogP contribution is -2.05. The Bertz CT molecular complexity index is 393. The minimum atomic E-state index is -0.649. The molecule has 0 radical (unpaired) electrons. The van der Waals surface area contributed by atoms with Crippen LogP contribution in [0.4, 0.5) is 4.39 Å². The molecule has 0 aliphatic carbocycles. The van der Waals surface area contributed by atoms with E-state index in [0.29, 0.717) is 10.0 Å². The molecule has 0 fully saturated rings. The van der Waals surface area contributed by atoms with E-state index in [-0.39, 0.29) is 10.6 Å². The smallest absolute Gasteiger partial charge is 0.338 e. The summed E-state index contributed by atoms with van der Waals surface area (Å²) in [6.45, 7) is 1.65. The third-order valence-electron chi connectivity index (χ3n) is 1.81. The Morgan fingerprint density at radius 2 is 2.21 bits per heavy atom. The van der Waals surface area contributed by atoms with Crippen LogP contribution in [0.15, 0.2) is 10.5 Å². The van der Waals surface area contributed by atoms with Crippen molar-refractivity contribution < 1.29 is 13.9 Å². The topological polar surface area (TPSA) is 26.3 Å². The number of benzene rings is 1. The van der Waals surface area contributed by atoms with Gasteiger partial charge in [-0.25, -0.2) is 9.18 Å². The maximum atomic E-state index is 13.1. The molecule has 0 saturated heterocycles. The highest BCUT2D eigenvalue weighted by atomic mass is 79.9. The molecule has 0 spiro atoms. The Balaban J connectivity index is 3.40. The van der Waals surface area contributed by atoms with Crippen LogP contribution in [-0.4, -0.2) is 13.1 Å². The van der Waals surface area contributed by atoms with E-state index in [1.165, 1.54) is 7.11 Å². The molecule has 0 aliphatic rings. The number of rotatable bonds is 1. The Kier molecular flexibility index (Phi) is 3.50. The fourth-order valence-corrected chi connectivity index (χ4v) is 1.61. The Morgan fingerprint density at radius 1 is 1.64 bits per heavy atom. The molecule has 0 atom stereocenters. The maximum Gasteiger partial charge on any atom is 0.338 e. The number of carbonyl (C=O) groups is 1. The molecule has 0 aromatic heterocycles. The molecule has 2 nitrogen and oxygen atoms in total. The number of hydrogen-bond donors (Lipinski definition) is 0. The molecule has 14 heavy (non-hydrogen) atoms. The Hall–Kier alpha value is -0.610. The van der Waals surface area contributed by atoms with Crippen molar-refractivity contribution in [1.82, 2.24) is 0 Å². The van der Waals surface area contributed by atoms with Gasteiger partial charge in [-0.1, -0.05) is 11.6 Å². The van der Waals surface area contributed by atoms with E-state index in [2.05, 4.69) is 20.7 Å². The highest BCUT2D eigenvalue weighted by molar-refractivity contribution is 9.10. The van der Waals surface area contributed by atoms with Crippen molar-refractivity contribution in [2.24, 2.45) is 0 Å². The van der Waals surface area contributed by atoms with Crippen LogP contribution in [0.25, 0.3) is 0 Å². The van der Waals surface area contributed by atoms with Crippen LogP contribution in [0.2, 0.25) is 5.02 Å². The average molecular weight is 282 g/mol. The summed E-state index contributed by atoms with van der Waals surface area (Å²) >= 11 is 8.73. The summed E-state index contributed by atoms with van der Waals surface area (Å²) in [7, 11) is 1.24. The highest BCUT2D eigenvalue weighted by Crippen LogP contribution is 2.31. The fraction of sp³-hybridized carbons (Fsp3) is 0.222. The lowest BCUT2D eigenvalue weighted by atomic mass is 10.1. The van der Waals surface area contributed by atoms with Crippen molar-refractivity contribution in [2.75, 3.05) is 7.11 Å². The van der Waals surface area contributed by atoms with E-state index in [1.54, 1.807) is 6.92 Å². The summed E-state index contributed by atoms with van der Waals surface area (Å²) in [4.78, 5) is 11.2. The highest BCUT2D eigenvalue weighted by Gasteiger charge is 2.17.